The first-order chi connectivity index (χ1) is 12.0. The van der Waals surface area contributed by atoms with Crippen LogP contribution in [0.15, 0.2) is 48.8 Å². The smallest absolute Gasteiger partial charge is 0.248 e. The lowest BCUT2D eigenvalue weighted by Crippen LogP contribution is -2.20. The lowest BCUT2D eigenvalue weighted by atomic mass is 10.2. The molecule has 0 saturated heterocycles. The van der Waals surface area contributed by atoms with Crippen molar-refractivity contribution in [3.05, 3.63) is 69.4 Å². The summed E-state index contributed by atoms with van der Waals surface area (Å²) >= 11 is 23.3. The maximum Gasteiger partial charge on any atom is 0.248 e. The topological polar surface area (TPSA) is 54.8 Å². The van der Waals surface area contributed by atoms with Crippen LogP contribution >= 0.6 is 47.0 Å². The Balaban J connectivity index is 1.61. The van der Waals surface area contributed by atoms with Crippen LogP contribution < -0.4 is 10.6 Å². The number of hydrogen-bond acceptors (Lipinski definition) is 3. The third-order valence-corrected chi connectivity index (χ3v) is 4.54. The predicted octanol–water partition coefficient (Wildman–Crippen LogP) is 5.10. The third kappa shape index (κ3) is 4.83. The minimum Gasteiger partial charge on any atom is -0.332 e. The molecule has 1 heterocycles. The summed E-state index contributed by atoms with van der Waals surface area (Å²) in [6.07, 6.45) is 1.60. The number of thiocarbonyl (C=S) groups is 1. The van der Waals surface area contributed by atoms with Crippen molar-refractivity contribution < 1.29 is 0 Å². The van der Waals surface area contributed by atoms with Crippen molar-refractivity contribution in [3.8, 4) is 0 Å². The van der Waals surface area contributed by atoms with Gasteiger partial charge in [-0.2, -0.15) is 0 Å². The summed E-state index contributed by atoms with van der Waals surface area (Å²) in [5, 5.41) is 12.2. The second-order valence-electron chi connectivity index (χ2n) is 5.07. The van der Waals surface area contributed by atoms with E-state index < -0.39 is 0 Å². The molecule has 3 rings (SSSR count). The summed E-state index contributed by atoms with van der Waals surface area (Å²) in [6, 6.07) is 12.7. The molecule has 0 amide bonds. The Kier molecular flexibility index (Phi) is 5.75. The fourth-order valence-corrected chi connectivity index (χ4v) is 2.77. The molecule has 9 heteroatoms. The summed E-state index contributed by atoms with van der Waals surface area (Å²) in [5.41, 5.74) is 1.67. The molecular weight excluding hydrogens is 401 g/mol. The molecule has 0 bridgehead atoms. The second-order valence-corrected chi connectivity index (χ2v) is 6.70. The highest BCUT2D eigenvalue weighted by Crippen LogP contribution is 2.25. The quantitative estimate of drug-likeness (QED) is 0.584. The SMILES string of the molecule is S=C(Nc1ccc(Cl)c(Cl)c1)Nc1ncn(Cc2ccccc2Cl)n1. The van der Waals surface area contributed by atoms with Gasteiger partial charge >= 0.3 is 0 Å². The standard InChI is InChI=1S/C16H12Cl3N5S/c17-12-4-2-1-3-10(12)8-24-9-20-15(23-24)22-16(25)21-11-5-6-13(18)14(19)7-11/h1-7,9H,8H2,(H2,21,22,23,25). The molecule has 0 aliphatic rings. The van der Waals surface area contributed by atoms with Gasteiger partial charge in [-0.15, -0.1) is 5.10 Å². The molecule has 3 aromatic rings. The van der Waals surface area contributed by atoms with Crippen LogP contribution in [0.3, 0.4) is 0 Å². The summed E-state index contributed by atoms with van der Waals surface area (Å²) < 4.78 is 1.67. The Bertz CT molecular complexity index is 912. The maximum absolute atomic E-state index is 6.15. The zero-order valence-electron chi connectivity index (χ0n) is 12.7. The van der Waals surface area contributed by atoms with Gasteiger partial charge in [0.15, 0.2) is 5.11 Å². The normalized spacial score (nSPS) is 10.5. The van der Waals surface area contributed by atoms with E-state index in [0.717, 1.165) is 5.56 Å². The van der Waals surface area contributed by atoms with Crippen LogP contribution in [0.2, 0.25) is 15.1 Å². The fraction of sp³-hybridized carbons (Fsp3) is 0.0625. The highest BCUT2D eigenvalue weighted by molar-refractivity contribution is 7.80. The average molecular weight is 413 g/mol. The van der Waals surface area contributed by atoms with Crippen molar-refractivity contribution in [3.63, 3.8) is 0 Å². The molecule has 5 nitrogen and oxygen atoms in total. The van der Waals surface area contributed by atoms with Crippen LogP contribution in [0.25, 0.3) is 0 Å². The summed E-state index contributed by atoms with van der Waals surface area (Å²) in [6.45, 7) is 0.515. The molecule has 2 aromatic carbocycles. The van der Waals surface area contributed by atoms with Crippen molar-refractivity contribution in [1.82, 2.24) is 14.8 Å². The highest BCUT2D eigenvalue weighted by atomic mass is 35.5. The van der Waals surface area contributed by atoms with Crippen LogP contribution in [0.4, 0.5) is 11.6 Å². The van der Waals surface area contributed by atoms with E-state index in [1.807, 2.05) is 24.3 Å². The molecule has 0 saturated carbocycles. The molecule has 0 aliphatic heterocycles. The van der Waals surface area contributed by atoms with E-state index in [1.165, 1.54) is 0 Å². The Morgan fingerprint density at radius 2 is 1.80 bits per heavy atom. The first kappa shape index (κ1) is 17.9. The summed E-state index contributed by atoms with van der Waals surface area (Å²) in [5.74, 6) is 0.379. The van der Waals surface area contributed by atoms with Crippen molar-refractivity contribution >= 4 is 63.8 Å². The van der Waals surface area contributed by atoms with Gasteiger partial charge in [0.25, 0.3) is 0 Å². The van der Waals surface area contributed by atoms with E-state index in [-0.39, 0.29) is 0 Å². The number of hydrogen-bond donors (Lipinski definition) is 2. The molecule has 0 atom stereocenters. The van der Waals surface area contributed by atoms with Gasteiger partial charge < -0.3 is 5.32 Å². The summed E-state index contributed by atoms with van der Waals surface area (Å²) in [7, 11) is 0. The average Bonchev–Trinajstić information content (AvgIpc) is 3.00. The molecule has 2 N–H and O–H groups in total. The van der Waals surface area contributed by atoms with Gasteiger partial charge in [0.2, 0.25) is 5.95 Å². The van der Waals surface area contributed by atoms with E-state index >= 15 is 0 Å². The molecule has 0 spiro atoms. The largest absolute Gasteiger partial charge is 0.332 e. The van der Waals surface area contributed by atoms with E-state index in [1.54, 1.807) is 29.2 Å². The molecule has 0 unspecified atom stereocenters. The number of aromatic nitrogens is 3. The Morgan fingerprint density at radius 3 is 2.56 bits per heavy atom. The van der Waals surface area contributed by atoms with Crippen molar-refractivity contribution in [2.45, 2.75) is 6.54 Å². The first-order valence-corrected chi connectivity index (χ1v) is 8.71. The van der Waals surface area contributed by atoms with E-state index in [9.17, 15) is 0 Å². The van der Waals surface area contributed by atoms with Crippen molar-refractivity contribution in [2.24, 2.45) is 0 Å². The number of halogens is 3. The number of nitrogens with one attached hydrogen (secondary N) is 2. The first-order valence-electron chi connectivity index (χ1n) is 7.17. The molecular formula is C16H12Cl3N5S. The van der Waals surface area contributed by atoms with E-state index in [2.05, 4.69) is 20.7 Å². The third-order valence-electron chi connectivity index (χ3n) is 3.23. The number of anilines is 2. The zero-order chi connectivity index (χ0) is 17.8. The van der Waals surface area contributed by atoms with Crippen LogP contribution in [0, 0.1) is 0 Å². The molecule has 0 aliphatic carbocycles. The minimum absolute atomic E-state index is 0.342. The van der Waals surface area contributed by atoms with Crippen LogP contribution in [0.1, 0.15) is 5.56 Å². The Hall–Kier alpha value is -1.86. The zero-order valence-corrected chi connectivity index (χ0v) is 15.8. The van der Waals surface area contributed by atoms with E-state index in [0.29, 0.717) is 38.4 Å². The summed E-state index contributed by atoms with van der Waals surface area (Å²) in [4.78, 5) is 4.18. The van der Waals surface area contributed by atoms with Gasteiger partial charge in [-0.05, 0) is 42.0 Å². The monoisotopic (exact) mass is 411 g/mol. The number of rotatable bonds is 4. The lowest BCUT2D eigenvalue weighted by Gasteiger charge is -2.08. The maximum atomic E-state index is 6.15. The fourth-order valence-electron chi connectivity index (χ4n) is 2.07. The second kappa shape index (κ2) is 8.01. The predicted molar refractivity (Wildman–Crippen MR) is 107 cm³/mol. The van der Waals surface area contributed by atoms with Crippen molar-refractivity contribution in [1.29, 1.82) is 0 Å². The van der Waals surface area contributed by atoms with Gasteiger partial charge in [0.05, 0.1) is 16.6 Å². The Labute approximate surface area is 164 Å². The van der Waals surface area contributed by atoms with Crippen molar-refractivity contribution in [2.75, 3.05) is 10.6 Å². The van der Waals surface area contributed by atoms with Crippen LogP contribution in [-0.2, 0) is 6.54 Å². The molecule has 0 fully saturated rings. The van der Waals surface area contributed by atoms with E-state index in [4.69, 9.17) is 47.0 Å². The van der Waals surface area contributed by atoms with Crippen LogP contribution in [0.5, 0.6) is 0 Å². The molecule has 128 valence electrons. The molecule has 25 heavy (non-hydrogen) atoms. The van der Waals surface area contributed by atoms with Gasteiger partial charge in [0.1, 0.15) is 6.33 Å². The van der Waals surface area contributed by atoms with Gasteiger partial charge in [-0.25, -0.2) is 9.67 Å². The molecule has 1 aromatic heterocycles. The highest BCUT2D eigenvalue weighted by Gasteiger charge is 2.07. The number of nitrogens with zero attached hydrogens (tertiary/aromatic N) is 3. The van der Waals surface area contributed by atoms with Gasteiger partial charge in [0, 0.05) is 10.7 Å². The lowest BCUT2D eigenvalue weighted by molar-refractivity contribution is 0.687. The number of benzene rings is 2. The van der Waals surface area contributed by atoms with Gasteiger partial charge in [-0.1, -0.05) is 53.0 Å². The minimum atomic E-state index is 0.342. The molecule has 0 radical (unpaired) electrons. The van der Waals surface area contributed by atoms with Gasteiger partial charge in [-0.3, -0.25) is 5.32 Å². The Morgan fingerprint density at radius 1 is 1.00 bits per heavy atom. The van der Waals surface area contributed by atoms with Crippen LogP contribution in [-0.4, -0.2) is 19.9 Å².